The number of methoxy groups -OCH3 is 1. The van der Waals surface area contributed by atoms with Crippen molar-refractivity contribution < 1.29 is 19.0 Å². The van der Waals surface area contributed by atoms with Crippen molar-refractivity contribution in [2.24, 2.45) is 0 Å². The molecule has 0 aliphatic rings. The largest absolute Gasteiger partial charge is 0.494 e. The van der Waals surface area contributed by atoms with E-state index >= 15 is 0 Å². The molecule has 6 nitrogen and oxygen atoms in total. The van der Waals surface area contributed by atoms with Crippen molar-refractivity contribution in [3.63, 3.8) is 0 Å². The van der Waals surface area contributed by atoms with Crippen molar-refractivity contribution in [2.75, 3.05) is 25.6 Å². The lowest BCUT2D eigenvalue weighted by atomic mass is 10.0. The van der Waals surface area contributed by atoms with Crippen molar-refractivity contribution in [3.8, 4) is 23.3 Å². The van der Waals surface area contributed by atoms with Gasteiger partial charge >= 0.3 is 0 Å². The molecule has 0 atom stereocenters. The fourth-order valence-electron chi connectivity index (χ4n) is 2.85. The molecule has 6 heteroatoms. The van der Waals surface area contributed by atoms with Gasteiger partial charge < -0.3 is 19.5 Å². The smallest absolute Gasteiger partial charge is 0.266 e. The van der Waals surface area contributed by atoms with Gasteiger partial charge in [0.15, 0.2) is 11.5 Å². The molecule has 1 amide bonds. The van der Waals surface area contributed by atoms with Crippen LogP contribution < -0.4 is 19.5 Å². The Hall–Kier alpha value is -3.98. The summed E-state index contributed by atoms with van der Waals surface area (Å²) < 4.78 is 16.6. The van der Waals surface area contributed by atoms with E-state index in [2.05, 4.69) is 18.5 Å². The minimum Gasteiger partial charge on any atom is -0.494 e. The Morgan fingerprint density at radius 3 is 2.48 bits per heavy atom. The second kappa shape index (κ2) is 11.9. The molecule has 31 heavy (non-hydrogen) atoms. The van der Waals surface area contributed by atoms with Crippen LogP contribution in [-0.2, 0) is 11.2 Å². The van der Waals surface area contributed by atoms with E-state index in [1.807, 2.05) is 19.1 Å². The van der Waals surface area contributed by atoms with E-state index in [1.165, 1.54) is 13.2 Å². The number of amides is 1. The molecular weight excluding hydrogens is 392 g/mol. The van der Waals surface area contributed by atoms with Crippen LogP contribution in [0.15, 0.2) is 67.3 Å². The van der Waals surface area contributed by atoms with Gasteiger partial charge in [-0.15, -0.1) is 6.58 Å². The average Bonchev–Trinajstić information content (AvgIpc) is 2.78. The number of hydrogen-bond acceptors (Lipinski definition) is 5. The molecule has 1 N–H and O–H groups in total. The number of hydrogen-bond donors (Lipinski definition) is 1. The monoisotopic (exact) mass is 418 g/mol. The zero-order chi connectivity index (χ0) is 22.6. The molecule has 0 aliphatic carbocycles. The normalized spacial score (nSPS) is 10.5. The summed E-state index contributed by atoms with van der Waals surface area (Å²) in [5.74, 6) is 1.27. The Morgan fingerprint density at radius 2 is 1.90 bits per heavy atom. The average molecular weight is 418 g/mol. The lowest BCUT2D eigenvalue weighted by Gasteiger charge is -2.15. The first-order chi connectivity index (χ1) is 15.1. The van der Waals surface area contributed by atoms with Gasteiger partial charge in [0.2, 0.25) is 0 Å². The fraction of sp³-hybridized carbons (Fsp3) is 0.200. The van der Waals surface area contributed by atoms with Crippen molar-refractivity contribution in [3.05, 3.63) is 78.4 Å². The highest BCUT2D eigenvalue weighted by molar-refractivity contribution is 6.09. The SMILES string of the molecule is C=CCOc1c(CC=C)cc(/C=C(\C#N)C(=O)Nc2ccc(OCC)cc2)cc1OC. The zero-order valence-corrected chi connectivity index (χ0v) is 17.8. The summed E-state index contributed by atoms with van der Waals surface area (Å²) in [6, 6.07) is 12.5. The molecule has 0 saturated carbocycles. The summed E-state index contributed by atoms with van der Waals surface area (Å²) in [4.78, 5) is 12.6. The number of ether oxygens (including phenoxy) is 3. The van der Waals surface area contributed by atoms with Crippen LogP contribution >= 0.6 is 0 Å². The second-order valence-corrected chi connectivity index (χ2v) is 6.39. The predicted molar refractivity (Wildman–Crippen MR) is 122 cm³/mol. The molecule has 2 aromatic carbocycles. The first-order valence-electron chi connectivity index (χ1n) is 9.77. The molecular formula is C25H26N2O4. The summed E-state index contributed by atoms with van der Waals surface area (Å²) in [6.45, 7) is 10.2. The van der Waals surface area contributed by atoms with Crippen LogP contribution in [0.4, 0.5) is 5.69 Å². The Balaban J connectivity index is 2.32. The maximum Gasteiger partial charge on any atom is 0.266 e. The number of carbonyl (C=O) groups excluding carboxylic acids is 1. The van der Waals surface area contributed by atoms with Gasteiger partial charge in [-0.3, -0.25) is 4.79 Å². The Morgan fingerprint density at radius 1 is 1.16 bits per heavy atom. The number of nitrogens with one attached hydrogen (secondary N) is 1. The number of rotatable bonds is 11. The maximum atomic E-state index is 12.6. The molecule has 2 aromatic rings. The van der Waals surface area contributed by atoms with E-state index in [9.17, 15) is 10.1 Å². The van der Waals surface area contributed by atoms with Crippen molar-refractivity contribution in [1.82, 2.24) is 0 Å². The van der Waals surface area contributed by atoms with Crippen molar-refractivity contribution in [2.45, 2.75) is 13.3 Å². The van der Waals surface area contributed by atoms with Gasteiger partial charge in [-0.2, -0.15) is 5.26 Å². The van der Waals surface area contributed by atoms with Gasteiger partial charge in [-0.05, 0) is 61.4 Å². The molecule has 0 heterocycles. The van der Waals surface area contributed by atoms with Crippen LogP contribution in [0.1, 0.15) is 18.1 Å². The van der Waals surface area contributed by atoms with Gasteiger partial charge in [-0.1, -0.05) is 18.7 Å². The number of anilines is 1. The number of nitriles is 1. The van der Waals surface area contributed by atoms with Crippen LogP contribution in [0.3, 0.4) is 0 Å². The van der Waals surface area contributed by atoms with E-state index in [1.54, 1.807) is 42.5 Å². The first-order valence-corrected chi connectivity index (χ1v) is 9.77. The molecule has 0 fully saturated rings. The highest BCUT2D eigenvalue weighted by atomic mass is 16.5. The summed E-state index contributed by atoms with van der Waals surface area (Å²) in [7, 11) is 1.53. The van der Waals surface area contributed by atoms with Gasteiger partial charge in [-0.25, -0.2) is 0 Å². The number of carbonyl (C=O) groups is 1. The number of benzene rings is 2. The third-order valence-corrected chi connectivity index (χ3v) is 4.18. The lowest BCUT2D eigenvalue weighted by Crippen LogP contribution is -2.13. The first kappa shape index (κ1) is 23.3. The second-order valence-electron chi connectivity index (χ2n) is 6.39. The highest BCUT2D eigenvalue weighted by Crippen LogP contribution is 2.34. The van der Waals surface area contributed by atoms with Crippen molar-refractivity contribution >= 4 is 17.7 Å². The minimum atomic E-state index is -0.511. The number of allylic oxidation sites excluding steroid dienone is 1. The van der Waals surface area contributed by atoms with E-state index in [0.29, 0.717) is 48.1 Å². The lowest BCUT2D eigenvalue weighted by molar-refractivity contribution is -0.112. The summed E-state index contributed by atoms with van der Waals surface area (Å²) >= 11 is 0. The topological polar surface area (TPSA) is 80.6 Å². The standard InChI is InChI=1S/C25H26N2O4/c1-5-8-19-14-18(16-23(29-4)24(19)31-13-6-2)15-20(17-26)25(28)27-21-9-11-22(12-10-21)30-7-3/h5-6,9-12,14-16H,1-2,7-8,13H2,3-4H3,(H,27,28)/b20-15+. The third kappa shape index (κ3) is 6.51. The summed E-state index contributed by atoms with van der Waals surface area (Å²) in [6.07, 6.45) is 5.43. The Labute approximate surface area is 183 Å². The van der Waals surface area contributed by atoms with Gasteiger partial charge in [0.05, 0.1) is 13.7 Å². The third-order valence-electron chi connectivity index (χ3n) is 4.18. The van der Waals surface area contributed by atoms with Gasteiger partial charge in [0, 0.05) is 11.3 Å². The molecule has 0 unspecified atom stereocenters. The molecule has 0 aliphatic heterocycles. The molecule has 0 aromatic heterocycles. The zero-order valence-electron chi connectivity index (χ0n) is 17.8. The van der Waals surface area contributed by atoms with E-state index in [0.717, 1.165) is 5.56 Å². The predicted octanol–water partition coefficient (Wildman–Crippen LogP) is 4.93. The molecule has 160 valence electrons. The molecule has 0 radical (unpaired) electrons. The molecule has 0 saturated heterocycles. The quantitative estimate of drug-likeness (QED) is 0.318. The van der Waals surface area contributed by atoms with E-state index in [4.69, 9.17) is 14.2 Å². The molecule has 0 spiro atoms. The van der Waals surface area contributed by atoms with E-state index < -0.39 is 5.91 Å². The van der Waals surface area contributed by atoms with Crippen LogP contribution in [0.25, 0.3) is 6.08 Å². The minimum absolute atomic E-state index is 0.0414. The summed E-state index contributed by atoms with van der Waals surface area (Å²) in [5.41, 5.74) is 1.98. The summed E-state index contributed by atoms with van der Waals surface area (Å²) in [5, 5.41) is 12.3. The highest BCUT2D eigenvalue weighted by Gasteiger charge is 2.14. The van der Waals surface area contributed by atoms with Crippen LogP contribution in [0.5, 0.6) is 17.2 Å². The van der Waals surface area contributed by atoms with Crippen LogP contribution in [-0.4, -0.2) is 26.2 Å². The fourth-order valence-corrected chi connectivity index (χ4v) is 2.85. The van der Waals surface area contributed by atoms with E-state index in [-0.39, 0.29) is 5.57 Å². The maximum absolute atomic E-state index is 12.6. The number of nitrogens with zero attached hydrogens (tertiary/aromatic N) is 1. The Kier molecular flexibility index (Phi) is 8.93. The molecule has 0 bridgehead atoms. The van der Waals surface area contributed by atoms with Crippen LogP contribution in [0.2, 0.25) is 0 Å². The van der Waals surface area contributed by atoms with Crippen molar-refractivity contribution in [1.29, 1.82) is 5.26 Å². The van der Waals surface area contributed by atoms with Gasteiger partial charge in [0.1, 0.15) is 24.0 Å². The van der Waals surface area contributed by atoms with Crippen LogP contribution in [0, 0.1) is 11.3 Å². The van der Waals surface area contributed by atoms with Gasteiger partial charge in [0.25, 0.3) is 5.91 Å². The Bertz CT molecular complexity index is 1000. The molecule has 2 rings (SSSR count).